The fourth-order valence-electron chi connectivity index (χ4n) is 1.91. The fourth-order valence-corrected chi connectivity index (χ4v) is 1.91. The van der Waals surface area contributed by atoms with Crippen molar-refractivity contribution in [3.05, 3.63) is 30.1 Å². The molecule has 1 fully saturated rings. The molecule has 0 aliphatic carbocycles. The molecular formula is C12H16N2O3. The van der Waals surface area contributed by atoms with Crippen molar-refractivity contribution in [1.82, 2.24) is 9.88 Å². The Labute approximate surface area is 100 Å². The molecule has 1 aromatic rings. The maximum Gasteiger partial charge on any atom is 0.410 e. The Balaban J connectivity index is 1.96. The summed E-state index contributed by atoms with van der Waals surface area (Å²) >= 11 is 0. The highest BCUT2D eigenvalue weighted by Gasteiger charge is 2.26. The number of carbonyl (C=O) groups excluding carboxylic acids is 1. The van der Waals surface area contributed by atoms with Crippen LogP contribution in [0.5, 0.6) is 0 Å². The third-order valence-corrected chi connectivity index (χ3v) is 2.84. The van der Waals surface area contributed by atoms with Crippen molar-refractivity contribution in [3.8, 4) is 0 Å². The molecule has 17 heavy (non-hydrogen) atoms. The molecule has 1 aromatic heterocycles. The summed E-state index contributed by atoms with van der Waals surface area (Å²) in [5.74, 6) is 0.222. The minimum absolute atomic E-state index is 0.130. The van der Waals surface area contributed by atoms with Crippen molar-refractivity contribution in [2.24, 2.45) is 5.92 Å². The Morgan fingerprint density at radius 2 is 2.24 bits per heavy atom. The molecule has 1 atom stereocenters. The summed E-state index contributed by atoms with van der Waals surface area (Å²) < 4.78 is 5.09. The lowest BCUT2D eigenvalue weighted by atomic mass is 10.1. The Morgan fingerprint density at radius 1 is 1.47 bits per heavy atom. The second-order valence-electron chi connectivity index (χ2n) is 4.19. The lowest BCUT2D eigenvalue weighted by Crippen LogP contribution is -2.42. The van der Waals surface area contributed by atoms with Crippen LogP contribution in [0, 0.1) is 5.92 Å². The third-order valence-electron chi connectivity index (χ3n) is 2.84. The second kappa shape index (κ2) is 5.63. The first-order valence-electron chi connectivity index (χ1n) is 5.71. The number of hydrogen-bond acceptors (Lipinski definition) is 4. The van der Waals surface area contributed by atoms with Crippen molar-refractivity contribution in [3.63, 3.8) is 0 Å². The molecule has 5 nitrogen and oxygen atoms in total. The molecule has 2 rings (SSSR count). The number of aromatic nitrogens is 1. The minimum atomic E-state index is -0.281. The molecule has 0 spiro atoms. The molecule has 0 radical (unpaired) electrons. The summed E-state index contributed by atoms with van der Waals surface area (Å²) in [4.78, 5) is 17.2. The maximum absolute atomic E-state index is 11.6. The van der Waals surface area contributed by atoms with Crippen molar-refractivity contribution >= 4 is 6.09 Å². The smallest absolute Gasteiger partial charge is 0.410 e. The van der Waals surface area contributed by atoms with Gasteiger partial charge >= 0.3 is 6.09 Å². The quantitative estimate of drug-likeness (QED) is 0.848. The lowest BCUT2D eigenvalue weighted by Gasteiger charge is -2.31. The summed E-state index contributed by atoms with van der Waals surface area (Å²) in [6.45, 7) is 1.71. The van der Waals surface area contributed by atoms with Crippen molar-refractivity contribution < 1.29 is 14.6 Å². The van der Waals surface area contributed by atoms with E-state index in [1.165, 1.54) is 0 Å². The van der Waals surface area contributed by atoms with E-state index in [2.05, 4.69) is 4.98 Å². The summed E-state index contributed by atoms with van der Waals surface area (Å²) in [7, 11) is 0. The topological polar surface area (TPSA) is 62.7 Å². The highest BCUT2D eigenvalue weighted by atomic mass is 16.6. The molecule has 1 aliphatic rings. The van der Waals surface area contributed by atoms with Gasteiger partial charge < -0.3 is 14.7 Å². The number of nitrogens with zero attached hydrogens (tertiary/aromatic N) is 2. The van der Waals surface area contributed by atoms with Crippen LogP contribution < -0.4 is 0 Å². The van der Waals surface area contributed by atoms with Crippen LogP contribution in [0.3, 0.4) is 0 Å². The van der Waals surface area contributed by atoms with E-state index in [0.717, 1.165) is 5.56 Å². The number of pyridine rings is 1. The van der Waals surface area contributed by atoms with Crippen molar-refractivity contribution in [2.45, 2.75) is 13.0 Å². The number of carbonyl (C=O) groups is 1. The molecule has 0 saturated carbocycles. The minimum Gasteiger partial charge on any atom is -0.449 e. The van der Waals surface area contributed by atoms with E-state index in [1.807, 2.05) is 12.1 Å². The standard InChI is InChI=1S/C12H16N2O3/c15-6-3-11-8-14(12(16)17-9-11)7-10-1-4-13-5-2-10/h1-2,4-5,11,15H,3,6-9H2. The van der Waals surface area contributed by atoms with Crippen LogP contribution in [0.15, 0.2) is 24.5 Å². The molecule has 5 heteroatoms. The molecule has 1 N–H and O–H groups in total. The van der Waals surface area contributed by atoms with E-state index in [4.69, 9.17) is 9.84 Å². The number of aliphatic hydroxyl groups is 1. The molecule has 92 valence electrons. The zero-order valence-electron chi connectivity index (χ0n) is 9.58. The van der Waals surface area contributed by atoms with Crippen molar-refractivity contribution in [1.29, 1.82) is 0 Å². The van der Waals surface area contributed by atoms with Crippen molar-refractivity contribution in [2.75, 3.05) is 19.8 Å². The first-order valence-corrected chi connectivity index (χ1v) is 5.71. The normalized spacial score (nSPS) is 20.2. The van der Waals surface area contributed by atoms with E-state index in [0.29, 0.717) is 26.1 Å². The van der Waals surface area contributed by atoms with Gasteiger partial charge in [-0.1, -0.05) is 0 Å². The summed E-state index contributed by atoms with van der Waals surface area (Å²) in [6.07, 6.45) is 3.79. The largest absolute Gasteiger partial charge is 0.449 e. The fraction of sp³-hybridized carbons (Fsp3) is 0.500. The Hall–Kier alpha value is -1.62. The predicted octanol–water partition coefficient (Wildman–Crippen LogP) is 1.03. The van der Waals surface area contributed by atoms with Crippen LogP contribution in [0.2, 0.25) is 0 Å². The zero-order chi connectivity index (χ0) is 12.1. The molecular weight excluding hydrogens is 220 g/mol. The second-order valence-corrected chi connectivity index (χ2v) is 4.19. The summed E-state index contributed by atoms with van der Waals surface area (Å²) in [5, 5.41) is 8.89. The first kappa shape index (κ1) is 11.9. The summed E-state index contributed by atoms with van der Waals surface area (Å²) in [5.41, 5.74) is 1.03. The number of ether oxygens (including phenoxy) is 1. The highest BCUT2D eigenvalue weighted by molar-refractivity contribution is 5.68. The van der Waals surface area contributed by atoms with Gasteiger partial charge in [0.2, 0.25) is 0 Å². The van der Waals surface area contributed by atoms with Gasteiger partial charge in [-0.15, -0.1) is 0 Å². The number of cyclic esters (lactones) is 1. The Bertz CT molecular complexity index is 369. The number of rotatable bonds is 4. The predicted molar refractivity (Wildman–Crippen MR) is 61.2 cm³/mol. The van der Waals surface area contributed by atoms with Gasteiger partial charge in [-0.05, 0) is 24.1 Å². The molecule has 1 saturated heterocycles. The summed E-state index contributed by atoms with van der Waals surface area (Å²) in [6, 6.07) is 3.76. The monoisotopic (exact) mass is 236 g/mol. The van der Waals surface area contributed by atoms with Gasteiger partial charge in [-0.2, -0.15) is 0 Å². The number of hydrogen-bond donors (Lipinski definition) is 1. The molecule has 0 bridgehead atoms. The number of amides is 1. The van der Waals surface area contributed by atoms with Crippen LogP contribution in [0.25, 0.3) is 0 Å². The maximum atomic E-state index is 11.6. The SMILES string of the molecule is O=C1OCC(CCO)CN1Cc1ccncc1. The average molecular weight is 236 g/mol. The lowest BCUT2D eigenvalue weighted by molar-refractivity contribution is 0.0328. The van der Waals surface area contributed by atoms with Gasteiger partial charge in [0.05, 0.1) is 6.61 Å². The van der Waals surface area contributed by atoms with Crippen LogP contribution in [0.4, 0.5) is 4.79 Å². The zero-order valence-corrected chi connectivity index (χ0v) is 9.58. The Morgan fingerprint density at radius 3 is 2.94 bits per heavy atom. The van der Waals surface area contributed by atoms with Gasteiger partial charge in [0.1, 0.15) is 0 Å². The van der Waals surface area contributed by atoms with Crippen LogP contribution >= 0.6 is 0 Å². The molecule has 1 amide bonds. The molecule has 1 aliphatic heterocycles. The van der Waals surface area contributed by atoms with Gasteiger partial charge in [-0.25, -0.2) is 4.79 Å². The third kappa shape index (κ3) is 3.17. The van der Waals surface area contributed by atoms with E-state index >= 15 is 0 Å². The van der Waals surface area contributed by atoms with Gasteiger partial charge in [0, 0.05) is 38.0 Å². The van der Waals surface area contributed by atoms with Crippen LogP contribution in [0.1, 0.15) is 12.0 Å². The molecule has 0 aromatic carbocycles. The highest BCUT2D eigenvalue weighted by Crippen LogP contribution is 2.16. The van der Waals surface area contributed by atoms with E-state index < -0.39 is 0 Å². The van der Waals surface area contributed by atoms with Crippen LogP contribution in [-0.4, -0.2) is 40.8 Å². The van der Waals surface area contributed by atoms with E-state index in [1.54, 1.807) is 17.3 Å². The van der Waals surface area contributed by atoms with E-state index in [-0.39, 0.29) is 18.6 Å². The molecule has 1 unspecified atom stereocenters. The van der Waals surface area contributed by atoms with Gasteiger partial charge in [0.25, 0.3) is 0 Å². The average Bonchev–Trinajstić information content (AvgIpc) is 2.35. The van der Waals surface area contributed by atoms with Gasteiger partial charge in [-0.3, -0.25) is 4.98 Å². The first-order chi connectivity index (χ1) is 8.29. The molecule has 2 heterocycles. The van der Waals surface area contributed by atoms with Crippen LogP contribution in [-0.2, 0) is 11.3 Å². The van der Waals surface area contributed by atoms with E-state index in [9.17, 15) is 4.79 Å². The number of aliphatic hydroxyl groups excluding tert-OH is 1. The Kier molecular flexibility index (Phi) is 3.93. The van der Waals surface area contributed by atoms with Gasteiger partial charge in [0.15, 0.2) is 0 Å².